The van der Waals surface area contributed by atoms with Crippen molar-refractivity contribution in [2.24, 2.45) is 5.92 Å². The predicted molar refractivity (Wildman–Crippen MR) is 153 cm³/mol. The van der Waals surface area contributed by atoms with Crippen LogP contribution in [0.5, 0.6) is 0 Å². The molecular formula is C27H34N4O5S2. The summed E-state index contributed by atoms with van der Waals surface area (Å²) in [5, 5.41) is 10.1. The Morgan fingerprint density at radius 1 is 1.11 bits per heavy atom. The summed E-state index contributed by atoms with van der Waals surface area (Å²) >= 11 is 0. The van der Waals surface area contributed by atoms with Gasteiger partial charge in [-0.25, -0.2) is 8.42 Å². The molecule has 2 amide bonds. The fourth-order valence-electron chi connectivity index (χ4n) is 3.60. The van der Waals surface area contributed by atoms with E-state index in [4.69, 9.17) is 5.41 Å². The minimum atomic E-state index is -3.52. The number of carbonyl (C=O) groups excluding carboxylic acids is 2. The molecule has 11 heteroatoms. The first-order valence-electron chi connectivity index (χ1n) is 12.0. The van der Waals surface area contributed by atoms with Gasteiger partial charge in [0.25, 0.3) is 5.91 Å². The van der Waals surface area contributed by atoms with Crippen LogP contribution in [-0.2, 0) is 30.2 Å². The van der Waals surface area contributed by atoms with Gasteiger partial charge in [-0.05, 0) is 62.1 Å². The fraction of sp³-hybridized carbons (Fsp3) is 0.296. The van der Waals surface area contributed by atoms with Gasteiger partial charge in [-0.1, -0.05) is 42.9 Å². The van der Waals surface area contributed by atoms with Crippen molar-refractivity contribution in [1.82, 2.24) is 5.43 Å². The van der Waals surface area contributed by atoms with Gasteiger partial charge in [0.2, 0.25) is 5.91 Å². The molecule has 0 spiro atoms. The van der Waals surface area contributed by atoms with Crippen LogP contribution in [0.2, 0.25) is 0 Å². The Morgan fingerprint density at radius 2 is 1.79 bits per heavy atom. The topological polar surface area (TPSA) is 145 Å². The van der Waals surface area contributed by atoms with Crippen LogP contribution in [0.1, 0.15) is 38.7 Å². The molecule has 204 valence electrons. The van der Waals surface area contributed by atoms with Gasteiger partial charge in [0.05, 0.1) is 26.3 Å². The number of amides is 2. The molecule has 2 unspecified atom stereocenters. The molecule has 0 saturated carbocycles. The average molecular weight is 559 g/mol. The van der Waals surface area contributed by atoms with Crippen LogP contribution in [0.25, 0.3) is 0 Å². The fourth-order valence-corrected chi connectivity index (χ4v) is 5.05. The number of sulfone groups is 1. The molecule has 0 radical (unpaired) electrons. The summed E-state index contributed by atoms with van der Waals surface area (Å²) in [7, 11) is -5.07. The van der Waals surface area contributed by atoms with Crippen molar-refractivity contribution in [2.45, 2.75) is 42.9 Å². The molecule has 0 heterocycles. The normalized spacial score (nSPS) is 13.5. The maximum Gasteiger partial charge on any atom is 0.250 e. The van der Waals surface area contributed by atoms with E-state index in [0.717, 1.165) is 18.2 Å². The van der Waals surface area contributed by atoms with Gasteiger partial charge in [-0.15, -0.1) is 0 Å². The van der Waals surface area contributed by atoms with Crippen LogP contribution in [0, 0.1) is 11.3 Å². The highest BCUT2D eigenvalue weighted by Gasteiger charge is 2.27. The molecule has 0 fully saturated rings. The van der Waals surface area contributed by atoms with Crippen LogP contribution < -0.4 is 16.2 Å². The van der Waals surface area contributed by atoms with E-state index in [0.29, 0.717) is 17.7 Å². The second-order valence-electron chi connectivity index (χ2n) is 8.53. The first-order valence-corrected chi connectivity index (χ1v) is 15.4. The summed E-state index contributed by atoms with van der Waals surface area (Å²) in [6, 6.07) is 10.7. The molecule has 0 aromatic heterocycles. The molecule has 0 aliphatic heterocycles. The van der Waals surface area contributed by atoms with Crippen molar-refractivity contribution in [1.29, 1.82) is 5.41 Å². The second kappa shape index (κ2) is 14.4. The predicted octanol–water partition coefficient (Wildman–Crippen LogP) is 4.22. The maximum atomic E-state index is 13.2. The van der Waals surface area contributed by atoms with E-state index in [1.807, 2.05) is 32.1 Å². The molecule has 2 rings (SSSR count). The summed E-state index contributed by atoms with van der Waals surface area (Å²) in [5.74, 6) is -2.17. The average Bonchev–Trinajstić information content (AvgIpc) is 2.87. The third-order valence-electron chi connectivity index (χ3n) is 5.56. The number of hydrogen-bond acceptors (Lipinski definition) is 7. The van der Waals surface area contributed by atoms with Crippen molar-refractivity contribution in [3.8, 4) is 0 Å². The van der Waals surface area contributed by atoms with Crippen LogP contribution in [-0.4, -0.2) is 43.2 Å². The van der Waals surface area contributed by atoms with Crippen LogP contribution >= 0.6 is 0 Å². The number of benzene rings is 2. The molecule has 4 N–H and O–H groups in total. The Morgan fingerprint density at radius 3 is 2.34 bits per heavy atom. The Hall–Kier alpha value is -3.57. The summed E-state index contributed by atoms with van der Waals surface area (Å²) in [6.07, 6.45) is 11.0. The summed E-state index contributed by atoms with van der Waals surface area (Å²) in [5.41, 5.74) is 7.65. The lowest BCUT2D eigenvalue weighted by Crippen LogP contribution is -2.41. The van der Waals surface area contributed by atoms with E-state index in [-0.39, 0.29) is 21.9 Å². The maximum absolute atomic E-state index is 13.2. The lowest BCUT2D eigenvalue weighted by molar-refractivity contribution is -0.132. The van der Waals surface area contributed by atoms with E-state index in [2.05, 4.69) is 16.2 Å². The third-order valence-corrected chi connectivity index (χ3v) is 7.63. The van der Waals surface area contributed by atoms with Gasteiger partial charge in [0.15, 0.2) is 9.84 Å². The van der Waals surface area contributed by atoms with E-state index in [1.165, 1.54) is 30.7 Å². The van der Waals surface area contributed by atoms with E-state index < -0.39 is 38.4 Å². The third kappa shape index (κ3) is 9.07. The van der Waals surface area contributed by atoms with Crippen molar-refractivity contribution in [3.63, 3.8) is 0 Å². The molecular weight excluding hydrogens is 524 g/mol. The molecule has 0 aliphatic carbocycles. The van der Waals surface area contributed by atoms with Crippen molar-refractivity contribution in [2.75, 3.05) is 23.3 Å². The zero-order valence-corrected chi connectivity index (χ0v) is 23.5. The minimum absolute atomic E-state index is 0.00471. The second-order valence-corrected chi connectivity index (χ2v) is 11.9. The van der Waals surface area contributed by atoms with Gasteiger partial charge >= 0.3 is 0 Å². The molecule has 0 aliphatic rings. The number of hydrazine groups is 1. The molecule has 38 heavy (non-hydrogen) atoms. The lowest BCUT2D eigenvalue weighted by Gasteiger charge is -2.19. The van der Waals surface area contributed by atoms with Gasteiger partial charge in [0.1, 0.15) is 5.92 Å². The minimum Gasteiger partial charge on any atom is -0.325 e. The quantitative estimate of drug-likeness (QED) is 0.125. The van der Waals surface area contributed by atoms with Crippen LogP contribution in [0.15, 0.2) is 76.1 Å². The Labute approximate surface area is 226 Å². The SMILES string of the molecule is C/C=C\C(=C/CC)CCC(C(=O)NNc1ccc(S(C)(=O)=O)cc1S(C)=O)C(=O)Nc1ccc(C=N)cc1. The highest BCUT2D eigenvalue weighted by atomic mass is 32.2. The van der Waals surface area contributed by atoms with Gasteiger partial charge in [-0.2, -0.15) is 0 Å². The Kier molecular flexibility index (Phi) is 11.6. The first-order chi connectivity index (χ1) is 18.0. The highest BCUT2D eigenvalue weighted by molar-refractivity contribution is 7.90. The molecule has 0 saturated heterocycles. The monoisotopic (exact) mass is 558 g/mol. The molecule has 0 bridgehead atoms. The van der Waals surface area contributed by atoms with E-state index in [9.17, 15) is 22.2 Å². The van der Waals surface area contributed by atoms with E-state index >= 15 is 0 Å². The summed E-state index contributed by atoms with van der Waals surface area (Å²) < 4.78 is 36.1. The van der Waals surface area contributed by atoms with Crippen molar-refractivity contribution in [3.05, 3.63) is 71.8 Å². The number of hydrogen-bond donors (Lipinski definition) is 4. The summed E-state index contributed by atoms with van der Waals surface area (Å²) in [6.45, 7) is 3.90. The number of nitrogens with one attached hydrogen (secondary N) is 4. The van der Waals surface area contributed by atoms with Gasteiger partial charge in [-0.3, -0.25) is 24.6 Å². The first kappa shape index (κ1) is 30.7. The van der Waals surface area contributed by atoms with Crippen LogP contribution in [0.3, 0.4) is 0 Å². The molecule has 9 nitrogen and oxygen atoms in total. The van der Waals surface area contributed by atoms with Crippen LogP contribution in [0.4, 0.5) is 11.4 Å². The molecule has 2 aromatic rings. The number of allylic oxidation sites excluding steroid dienone is 4. The van der Waals surface area contributed by atoms with Gasteiger partial charge in [0, 0.05) is 24.4 Å². The van der Waals surface area contributed by atoms with Crippen molar-refractivity contribution >= 4 is 50.0 Å². The zero-order chi connectivity index (χ0) is 28.3. The van der Waals surface area contributed by atoms with E-state index in [1.54, 1.807) is 24.3 Å². The molecule has 2 atom stereocenters. The number of carbonyl (C=O) groups is 2. The van der Waals surface area contributed by atoms with Crippen molar-refractivity contribution < 1.29 is 22.2 Å². The highest BCUT2D eigenvalue weighted by Crippen LogP contribution is 2.23. The number of anilines is 2. The van der Waals surface area contributed by atoms with Gasteiger partial charge < -0.3 is 10.7 Å². The summed E-state index contributed by atoms with van der Waals surface area (Å²) in [4.78, 5) is 26.6. The smallest absolute Gasteiger partial charge is 0.250 e. The molecule has 2 aromatic carbocycles. The standard InChI is InChI=1S/C27H34N4O5S2/c1-5-7-19(8-6-2)11-15-23(26(32)29-21-12-9-20(18-28)10-13-21)27(33)31-30-24-16-14-22(38(4,35)36)17-25(24)37(3)34/h5,7-10,12-14,16-18,23,28,30H,6,11,15H2,1-4H3,(H,29,32)(H,31,33)/b7-5-,19-8+,28-18?. The Bertz CT molecular complexity index is 1350. The lowest BCUT2D eigenvalue weighted by atomic mass is 9.97. The number of rotatable bonds is 13. The zero-order valence-electron chi connectivity index (χ0n) is 21.9. The Balaban J connectivity index is 2.27. The largest absolute Gasteiger partial charge is 0.325 e.